The van der Waals surface area contributed by atoms with Gasteiger partial charge in [-0.3, -0.25) is 4.79 Å². The fraction of sp³-hybridized carbons (Fsp3) is 0.412. The van der Waals surface area contributed by atoms with Gasteiger partial charge < -0.3 is 24.4 Å². The predicted octanol–water partition coefficient (Wildman–Crippen LogP) is 6.44. The summed E-state index contributed by atoms with van der Waals surface area (Å²) >= 11 is 0. The van der Waals surface area contributed by atoms with Crippen molar-refractivity contribution in [3.63, 3.8) is 0 Å². The number of halogens is 3. The van der Waals surface area contributed by atoms with Gasteiger partial charge in [0.1, 0.15) is 6.61 Å². The van der Waals surface area contributed by atoms with Crippen LogP contribution in [-0.4, -0.2) is 83.9 Å². The van der Waals surface area contributed by atoms with Crippen molar-refractivity contribution in [2.45, 2.75) is 43.9 Å². The maximum absolute atomic E-state index is 13.0. The average molecular weight is 608 g/mol. The van der Waals surface area contributed by atoms with E-state index in [0.29, 0.717) is 18.1 Å². The minimum Gasteiger partial charge on any atom is -0.370 e. The predicted molar refractivity (Wildman–Crippen MR) is 167 cm³/mol. The van der Waals surface area contributed by atoms with Crippen LogP contribution in [0.25, 0.3) is 11.0 Å². The van der Waals surface area contributed by atoms with Gasteiger partial charge in [0.25, 0.3) is 5.91 Å². The lowest BCUT2D eigenvalue weighted by atomic mass is 9.94. The maximum Gasteiger partial charge on any atom is 0.411 e. The number of alkyl halides is 3. The molecular weight excluding hydrogens is 567 g/mol. The number of likely N-dealkylation sites (N-methyl/N-ethyl adjacent to an activating group) is 1. The molecule has 3 aromatic carbocycles. The Morgan fingerprint density at radius 1 is 0.977 bits per heavy atom. The number of carbonyl (C=O) groups excluding carboxylic acids is 1. The number of carbonyl (C=O) groups is 1. The van der Waals surface area contributed by atoms with Gasteiger partial charge in [-0.2, -0.15) is 13.2 Å². The first-order valence-corrected chi connectivity index (χ1v) is 15.2. The van der Waals surface area contributed by atoms with Crippen molar-refractivity contribution < 1.29 is 22.7 Å². The summed E-state index contributed by atoms with van der Waals surface area (Å²) in [5.41, 5.74) is 3.59. The molecule has 0 spiro atoms. The van der Waals surface area contributed by atoms with Crippen LogP contribution in [0.1, 0.15) is 41.1 Å². The lowest BCUT2D eigenvalue weighted by molar-refractivity contribution is -0.174. The summed E-state index contributed by atoms with van der Waals surface area (Å²) in [6.45, 7) is 2.38. The molecule has 0 radical (unpaired) electrons. The highest BCUT2D eigenvalue weighted by Crippen LogP contribution is 2.25. The average Bonchev–Trinajstić information content (AvgIpc) is 3.38. The number of anilines is 1. The normalized spacial score (nSPS) is 15.4. The van der Waals surface area contributed by atoms with Crippen LogP contribution in [0.4, 0.5) is 19.1 Å². The summed E-state index contributed by atoms with van der Waals surface area (Å²) in [4.78, 5) is 22.1. The van der Waals surface area contributed by atoms with E-state index in [-0.39, 0.29) is 31.0 Å². The van der Waals surface area contributed by atoms with Crippen LogP contribution in [-0.2, 0) is 11.3 Å². The zero-order valence-corrected chi connectivity index (χ0v) is 25.0. The van der Waals surface area contributed by atoms with Gasteiger partial charge in [-0.05, 0) is 55.6 Å². The first-order chi connectivity index (χ1) is 21.3. The minimum absolute atomic E-state index is 0.0244. The number of rotatable bonds is 13. The molecule has 1 N–H and O–H groups in total. The van der Waals surface area contributed by atoms with Crippen molar-refractivity contribution in [1.29, 1.82) is 0 Å². The van der Waals surface area contributed by atoms with Gasteiger partial charge in [0, 0.05) is 50.7 Å². The SMILES string of the molecule is CN(CC(CCN1CCC(Nc2nc3ccccc3n2CCOCC(F)(F)F)CC1)c1ccccc1)C(=O)c1ccccc1. The summed E-state index contributed by atoms with van der Waals surface area (Å²) in [7, 11) is 1.87. The van der Waals surface area contributed by atoms with E-state index >= 15 is 0 Å². The lowest BCUT2D eigenvalue weighted by Gasteiger charge is -2.34. The highest BCUT2D eigenvalue weighted by Gasteiger charge is 2.28. The van der Waals surface area contributed by atoms with Crippen LogP contribution >= 0.6 is 0 Å². The van der Waals surface area contributed by atoms with Crippen LogP contribution in [0.2, 0.25) is 0 Å². The number of hydrogen-bond acceptors (Lipinski definition) is 5. The number of hydrogen-bond donors (Lipinski definition) is 1. The number of fused-ring (bicyclic) bond motifs is 1. The second kappa shape index (κ2) is 14.7. The van der Waals surface area contributed by atoms with Gasteiger partial charge in [0.05, 0.1) is 17.6 Å². The third kappa shape index (κ3) is 8.60. The Labute approximate surface area is 256 Å². The summed E-state index contributed by atoms with van der Waals surface area (Å²) in [5.74, 6) is 0.899. The molecule has 1 atom stereocenters. The molecule has 5 rings (SSSR count). The topological polar surface area (TPSA) is 62.6 Å². The van der Waals surface area contributed by atoms with Crippen molar-refractivity contribution in [3.8, 4) is 0 Å². The molecule has 1 aromatic heterocycles. The molecule has 4 aromatic rings. The van der Waals surface area contributed by atoms with Gasteiger partial charge in [-0.1, -0.05) is 60.7 Å². The third-order valence-corrected chi connectivity index (χ3v) is 8.23. The lowest BCUT2D eigenvalue weighted by Crippen LogP contribution is -2.40. The molecule has 1 aliphatic heterocycles. The number of para-hydroxylation sites is 2. The molecule has 2 heterocycles. The number of ether oxygens (including phenoxy) is 1. The Hall–Kier alpha value is -3.89. The molecule has 1 fully saturated rings. The molecule has 10 heteroatoms. The monoisotopic (exact) mass is 607 g/mol. The van der Waals surface area contributed by atoms with E-state index in [1.54, 1.807) is 0 Å². The van der Waals surface area contributed by atoms with E-state index in [0.717, 1.165) is 49.9 Å². The number of aromatic nitrogens is 2. The number of nitrogens with one attached hydrogen (secondary N) is 1. The second-order valence-electron chi connectivity index (χ2n) is 11.5. The van der Waals surface area contributed by atoms with E-state index in [1.807, 2.05) is 89.3 Å². The summed E-state index contributed by atoms with van der Waals surface area (Å²) < 4.78 is 44.5. The number of likely N-dealkylation sites (tertiary alicyclic amines) is 1. The minimum atomic E-state index is -4.34. The molecule has 1 saturated heterocycles. The summed E-state index contributed by atoms with van der Waals surface area (Å²) in [5, 5.41) is 3.56. The van der Waals surface area contributed by atoms with Crippen molar-refractivity contribution in [1.82, 2.24) is 19.4 Å². The highest BCUT2D eigenvalue weighted by atomic mass is 19.4. The van der Waals surface area contributed by atoms with Gasteiger partial charge in [-0.25, -0.2) is 4.98 Å². The molecule has 234 valence electrons. The fourth-order valence-electron chi connectivity index (χ4n) is 5.88. The molecule has 7 nitrogen and oxygen atoms in total. The molecule has 0 bridgehead atoms. The van der Waals surface area contributed by atoms with Crippen LogP contribution in [0, 0.1) is 0 Å². The van der Waals surface area contributed by atoms with Crippen LogP contribution in [0.5, 0.6) is 0 Å². The number of imidazole rings is 1. The Balaban J connectivity index is 1.16. The van der Waals surface area contributed by atoms with E-state index in [4.69, 9.17) is 9.72 Å². The number of amides is 1. The Kier molecular flexibility index (Phi) is 10.6. The van der Waals surface area contributed by atoms with Gasteiger partial charge in [0.15, 0.2) is 0 Å². The summed E-state index contributed by atoms with van der Waals surface area (Å²) in [6.07, 6.45) is -1.56. The van der Waals surface area contributed by atoms with Crippen molar-refractivity contribution in [3.05, 3.63) is 96.1 Å². The third-order valence-electron chi connectivity index (χ3n) is 8.23. The van der Waals surface area contributed by atoms with Crippen molar-refractivity contribution in [2.24, 2.45) is 0 Å². The smallest absolute Gasteiger partial charge is 0.370 e. The highest BCUT2D eigenvalue weighted by molar-refractivity contribution is 5.94. The second-order valence-corrected chi connectivity index (χ2v) is 11.5. The Morgan fingerprint density at radius 3 is 2.34 bits per heavy atom. The van der Waals surface area contributed by atoms with Gasteiger partial charge >= 0.3 is 6.18 Å². The number of piperidine rings is 1. The number of nitrogens with zero attached hydrogens (tertiary/aromatic N) is 4. The molecule has 0 aliphatic carbocycles. The van der Waals surface area contributed by atoms with Gasteiger partial charge in [0.2, 0.25) is 5.95 Å². The summed E-state index contributed by atoms with van der Waals surface area (Å²) in [6, 6.07) is 27.6. The molecular formula is C34H40F3N5O2. The van der Waals surface area contributed by atoms with Crippen LogP contribution in [0.3, 0.4) is 0 Å². The molecule has 1 unspecified atom stereocenters. The largest absolute Gasteiger partial charge is 0.411 e. The zero-order chi connectivity index (χ0) is 30.9. The van der Waals surface area contributed by atoms with Crippen LogP contribution < -0.4 is 5.32 Å². The van der Waals surface area contributed by atoms with Crippen LogP contribution in [0.15, 0.2) is 84.9 Å². The molecule has 0 saturated carbocycles. The van der Waals surface area contributed by atoms with E-state index in [2.05, 4.69) is 22.3 Å². The van der Waals surface area contributed by atoms with E-state index < -0.39 is 12.8 Å². The van der Waals surface area contributed by atoms with Crippen molar-refractivity contribution in [2.75, 3.05) is 51.8 Å². The fourth-order valence-corrected chi connectivity index (χ4v) is 5.88. The van der Waals surface area contributed by atoms with Crippen molar-refractivity contribution >= 4 is 22.9 Å². The number of benzene rings is 3. The van der Waals surface area contributed by atoms with E-state index in [1.165, 1.54) is 5.56 Å². The first kappa shape index (κ1) is 31.5. The molecule has 1 aliphatic rings. The molecule has 1 amide bonds. The van der Waals surface area contributed by atoms with Gasteiger partial charge in [-0.15, -0.1) is 0 Å². The Bertz CT molecular complexity index is 1470. The van der Waals surface area contributed by atoms with E-state index in [9.17, 15) is 18.0 Å². The zero-order valence-electron chi connectivity index (χ0n) is 25.0. The quantitative estimate of drug-likeness (QED) is 0.177. The Morgan fingerprint density at radius 2 is 1.64 bits per heavy atom. The maximum atomic E-state index is 13.0. The first-order valence-electron chi connectivity index (χ1n) is 15.2. The molecule has 44 heavy (non-hydrogen) atoms. The standard InChI is InChI=1S/C34H40F3N5O2/c1-40(32(43)27-12-6-3-7-13-27)24-28(26-10-4-2-5-11-26)16-19-41-20-17-29(18-21-41)38-33-39-30-14-8-9-15-31(30)42(33)22-23-44-25-34(35,36)37/h2-15,28-29H,16-25H2,1H3,(H,38,39).